The molecule has 1 aliphatic heterocycles. The topological polar surface area (TPSA) is 17.3 Å². The largest absolute Gasteiger partial charge is 0.227 e. The third kappa shape index (κ3) is 1.46. The molecular weight excluding hydrogens is 100 g/mol. The Labute approximate surface area is 50.8 Å². The van der Waals surface area contributed by atoms with Gasteiger partial charge in [-0.25, -0.2) is 5.01 Å². The minimum absolute atomic E-state index is 0.944. The van der Waals surface area contributed by atoms with Gasteiger partial charge in [0.15, 0.2) is 0 Å². The van der Waals surface area contributed by atoms with Gasteiger partial charge in [-0.3, -0.25) is 0 Å². The van der Waals surface area contributed by atoms with Gasteiger partial charge in [0.05, 0.1) is 0 Å². The van der Waals surface area contributed by atoms with Gasteiger partial charge >= 0.3 is 0 Å². The first-order valence-electron chi connectivity index (χ1n) is 3.36. The van der Waals surface area contributed by atoms with Crippen LogP contribution in [-0.4, -0.2) is 24.6 Å². The summed E-state index contributed by atoms with van der Waals surface area (Å²) < 4.78 is 0. The smallest absolute Gasteiger partial charge is 0.0278 e. The lowest BCUT2D eigenvalue weighted by atomic mass is 10.4. The monoisotopic (exact) mass is 113 g/mol. The van der Waals surface area contributed by atoms with Gasteiger partial charge in [0.1, 0.15) is 0 Å². The lowest BCUT2D eigenvalue weighted by molar-refractivity contribution is 0.233. The summed E-state index contributed by atoms with van der Waals surface area (Å²) in [5, 5.41) is 2.17. The van der Waals surface area contributed by atoms with Gasteiger partial charge in [-0.2, -0.15) is 5.43 Å². The molecule has 2 heteroatoms. The predicted molar refractivity (Wildman–Crippen MR) is 33.5 cm³/mol. The van der Waals surface area contributed by atoms with Crippen molar-refractivity contribution in [2.24, 2.45) is 0 Å². The van der Waals surface area contributed by atoms with Crippen LogP contribution in [0.5, 0.6) is 0 Å². The molecule has 1 rings (SSSR count). The molecule has 8 heavy (non-hydrogen) atoms. The Bertz CT molecular complexity index is 57.5. The Balaban J connectivity index is 2.06. The van der Waals surface area contributed by atoms with Crippen molar-refractivity contribution in [3.05, 3.63) is 0 Å². The molecule has 0 unspecified atom stereocenters. The second-order valence-electron chi connectivity index (χ2n) is 2.12. The second-order valence-corrected chi connectivity index (χ2v) is 2.12. The third-order valence-corrected chi connectivity index (χ3v) is 1.42. The molecule has 2 nitrogen and oxygen atoms in total. The van der Waals surface area contributed by atoms with Crippen LogP contribution in [0.1, 0.15) is 19.8 Å². The van der Waals surface area contributed by atoms with Crippen LogP contribution in [0.2, 0.25) is 0 Å². The highest BCUT2D eigenvalue weighted by Gasteiger charge is 2.09. The van der Waals surface area contributed by atoms with E-state index in [4.69, 9.17) is 0 Å². The van der Waals surface area contributed by atoms with Gasteiger partial charge < -0.3 is 0 Å². The van der Waals surface area contributed by atoms with E-state index < -0.39 is 0 Å². The maximum absolute atomic E-state index is 4.26. The maximum Gasteiger partial charge on any atom is 0.0278 e. The van der Waals surface area contributed by atoms with Crippen molar-refractivity contribution in [1.29, 1.82) is 0 Å². The SMILES string of the molecule is CC[N]N1CCCC1. The van der Waals surface area contributed by atoms with Crippen LogP contribution in [0.25, 0.3) is 0 Å². The molecule has 1 fully saturated rings. The summed E-state index contributed by atoms with van der Waals surface area (Å²) in [6.45, 7) is 5.40. The summed E-state index contributed by atoms with van der Waals surface area (Å²) in [4.78, 5) is 0. The molecule has 0 N–H and O–H groups in total. The summed E-state index contributed by atoms with van der Waals surface area (Å²) >= 11 is 0. The average molecular weight is 113 g/mol. The zero-order valence-corrected chi connectivity index (χ0v) is 5.43. The summed E-state index contributed by atoms with van der Waals surface area (Å²) in [5.41, 5.74) is 4.26. The molecule has 0 amide bonds. The molecule has 1 radical (unpaired) electrons. The number of hydrogen-bond acceptors (Lipinski definition) is 1. The van der Waals surface area contributed by atoms with E-state index in [1.165, 1.54) is 25.9 Å². The number of nitrogens with zero attached hydrogens (tertiary/aromatic N) is 2. The Hall–Kier alpha value is -0.0800. The first kappa shape index (κ1) is 6.05. The van der Waals surface area contributed by atoms with Gasteiger partial charge in [0.25, 0.3) is 0 Å². The standard InChI is InChI=1S/C6H13N2/c1-2-7-8-5-3-4-6-8/h2-6H2,1H3. The average Bonchev–Trinajstić information content (AvgIpc) is 2.19. The lowest BCUT2D eigenvalue weighted by Crippen LogP contribution is -2.28. The van der Waals surface area contributed by atoms with E-state index >= 15 is 0 Å². The number of hydrogen-bond donors (Lipinski definition) is 0. The minimum atomic E-state index is 0.944. The Morgan fingerprint density at radius 1 is 1.38 bits per heavy atom. The van der Waals surface area contributed by atoms with Crippen molar-refractivity contribution in [3.63, 3.8) is 0 Å². The molecule has 1 saturated heterocycles. The van der Waals surface area contributed by atoms with E-state index in [9.17, 15) is 0 Å². The molecule has 47 valence electrons. The molecule has 0 saturated carbocycles. The highest BCUT2D eigenvalue weighted by molar-refractivity contribution is 4.60. The fourth-order valence-corrected chi connectivity index (χ4v) is 1.04. The van der Waals surface area contributed by atoms with Crippen molar-refractivity contribution in [3.8, 4) is 0 Å². The molecule has 0 aliphatic carbocycles. The first-order chi connectivity index (χ1) is 3.93. The zero-order valence-electron chi connectivity index (χ0n) is 5.43. The van der Waals surface area contributed by atoms with Gasteiger partial charge in [-0.1, -0.05) is 0 Å². The minimum Gasteiger partial charge on any atom is -0.227 e. The fourth-order valence-electron chi connectivity index (χ4n) is 1.04. The van der Waals surface area contributed by atoms with Crippen molar-refractivity contribution >= 4 is 0 Å². The van der Waals surface area contributed by atoms with Crippen LogP contribution in [0.4, 0.5) is 0 Å². The lowest BCUT2D eigenvalue weighted by Gasteiger charge is -2.10. The van der Waals surface area contributed by atoms with Gasteiger partial charge in [0, 0.05) is 19.6 Å². The summed E-state index contributed by atoms with van der Waals surface area (Å²) in [5.74, 6) is 0. The summed E-state index contributed by atoms with van der Waals surface area (Å²) in [6.07, 6.45) is 2.67. The van der Waals surface area contributed by atoms with Crippen LogP contribution in [0.3, 0.4) is 0 Å². The quantitative estimate of drug-likeness (QED) is 0.513. The van der Waals surface area contributed by atoms with Gasteiger partial charge in [0.2, 0.25) is 0 Å². The fraction of sp³-hybridized carbons (Fsp3) is 1.00. The highest BCUT2D eigenvalue weighted by atomic mass is 15.5. The summed E-state index contributed by atoms with van der Waals surface area (Å²) in [7, 11) is 0. The van der Waals surface area contributed by atoms with E-state index in [0.717, 1.165) is 6.54 Å². The molecule has 0 bridgehead atoms. The Morgan fingerprint density at radius 2 is 2.00 bits per heavy atom. The Morgan fingerprint density at radius 3 is 2.50 bits per heavy atom. The van der Waals surface area contributed by atoms with Crippen molar-refractivity contribution in [2.45, 2.75) is 19.8 Å². The third-order valence-electron chi connectivity index (χ3n) is 1.42. The van der Waals surface area contributed by atoms with E-state index in [2.05, 4.69) is 17.4 Å². The predicted octanol–water partition coefficient (Wildman–Crippen LogP) is 0.621. The van der Waals surface area contributed by atoms with Crippen molar-refractivity contribution in [2.75, 3.05) is 19.6 Å². The van der Waals surface area contributed by atoms with Crippen LogP contribution in [0.15, 0.2) is 0 Å². The first-order valence-corrected chi connectivity index (χ1v) is 3.36. The molecular formula is C6H13N2. The van der Waals surface area contributed by atoms with Crippen LogP contribution >= 0.6 is 0 Å². The molecule has 0 atom stereocenters. The van der Waals surface area contributed by atoms with Crippen LogP contribution in [-0.2, 0) is 0 Å². The highest BCUT2D eigenvalue weighted by Crippen LogP contribution is 2.03. The van der Waals surface area contributed by atoms with Crippen LogP contribution < -0.4 is 5.43 Å². The van der Waals surface area contributed by atoms with Crippen molar-refractivity contribution in [1.82, 2.24) is 10.4 Å². The molecule has 1 aliphatic rings. The van der Waals surface area contributed by atoms with E-state index in [1.807, 2.05) is 0 Å². The molecule has 0 aromatic rings. The molecule has 1 heterocycles. The molecule has 0 aromatic carbocycles. The van der Waals surface area contributed by atoms with E-state index in [-0.39, 0.29) is 0 Å². The maximum atomic E-state index is 4.26. The normalized spacial score (nSPS) is 22.1. The molecule has 0 spiro atoms. The Kier molecular flexibility index (Phi) is 2.30. The second kappa shape index (κ2) is 3.05. The summed E-state index contributed by atoms with van der Waals surface area (Å²) in [6, 6.07) is 0. The van der Waals surface area contributed by atoms with E-state index in [1.54, 1.807) is 0 Å². The molecule has 0 aromatic heterocycles. The van der Waals surface area contributed by atoms with Crippen LogP contribution in [0, 0.1) is 0 Å². The van der Waals surface area contributed by atoms with Crippen molar-refractivity contribution < 1.29 is 0 Å². The van der Waals surface area contributed by atoms with Gasteiger partial charge in [-0.05, 0) is 19.8 Å². The number of rotatable bonds is 2. The van der Waals surface area contributed by atoms with E-state index in [0.29, 0.717) is 0 Å². The zero-order chi connectivity index (χ0) is 5.82. The van der Waals surface area contributed by atoms with Gasteiger partial charge in [-0.15, -0.1) is 0 Å².